The monoisotopic (exact) mass is 161 g/mol. The van der Waals surface area contributed by atoms with Crippen molar-refractivity contribution in [2.45, 2.75) is 13.5 Å². The number of hydrogen-bond acceptors (Lipinski definition) is 5. The van der Waals surface area contributed by atoms with Crippen molar-refractivity contribution in [2.24, 2.45) is 5.73 Å². The van der Waals surface area contributed by atoms with Gasteiger partial charge in [0.15, 0.2) is 11.6 Å². The topological polar surface area (TPSA) is 77.6 Å². The molecule has 0 amide bonds. The van der Waals surface area contributed by atoms with Crippen LogP contribution >= 0.6 is 12.4 Å². The van der Waals surface area contributed by atoms with Gasteiger partial charge in [0.1, 0.15) is 0 Å². The Hall–Kier alpha value is -0.810. The van der Waals surface area contributed by atoms with Gasteiger partial charge in [0.05, 0.1) is 6.54 Å². The average molecular weight is 162 g/mol. The standard InChI is InChI=1S/C4H7N5.ClH/c1-3-6-8-4(2-5)9-7-3;/h2,5H2,1H3;1H. The summed E-state index contributed by atoms with van der Waals surface area (Å²) < 4.78 is 0. The zero-order valence-electron chi connectivity index (χ0n) is 5.48. The van der Waals surface area contributed by atoms with Gasteiger partial charge in [-0.3, -0.25) is 0 Å². The van der Waals surface area contributed by atoms with E-state index in [9.17, 15) is 0 Å². The number of nitrogens with two attached hydrogens (primary N) is 1. The van der Waals surface area contributed by atoms with Crippen molar-refractivity contribution in [1.29, 1.82) is 0 Å². The first kappa shape index (κ1) is 9.19. The Balaban J connectivity index is 0.000000810. The third-order valence-electron chi connectivity index (χ3n) is 0.803. The summed E-state index contributed by atoms with van der Waals surface area (Å²) in [6.45, 7) is 2.01. The quantitative estimate of drug-likeness (QED) is 0.599. The van der Waals surface area contributed by atoms with Gasteiger partial charge in [0.25, 0.3) is 0 Å². The fourth-order valence-electron chi connectivity index (χ4n) is 0.382. The van der Waals surface area contributed by atoms with Gasteiger partial charge in [-0.25, -0.2) is 0 Å². The van der Waals surface area contributed by atoms with E-state index in [1.54, 1.807) is 6.92 Å². The number of aromatic nitrogens is 4. The normalized spacial score (nSPS) is 8.60. The second kappa shape index (κ2) is 4.08. The van der Waals surface area contributed by atoms with Crippen molar-refractivity contribution in [3.63, 3.8) is 0 Å². The maximum Gasteiger partial charge on any atom is 0.187 e. The van der Waals surface area contributed by atoms with E-state index in [4.69, 9.17) is 5.73 Å². The van der Waals surface area contributed by atoms with Crippen molar-refractivity contribution in [3.05, 3.63) is 11.6 Å². The summed E-state index contributed by atoms with van der Waals surface area (Å²) in [6, 6.07) is 0. The third-order valence-corrected chi connectivity index (χ3v) is 0.803. The van der Waals surface area contributed by atoms with E-state index in [1.165, 1.54) is 0 Å². The fraction of sp³-hybridized carbons (Fsp3) is 0.500. The molecule has 0 radical (unpaired) electrons. The lowest BCUT2D eigenvalue weighted by Gasteiger charge is -1.89. The Labute approximate surface area is 64.5 Å². The molecule has 6 heteroatoms. The van der Waals surface area contributed by atoms with E-state index in [2.05, 4.69) is 20.4 Å². The molecule has 0 bridgehead atoms. The second-order valence-corrected chi connectivity index (χ2v) is 1.57. The predicted molar refractivity (Wildman–Crippen MR) is 37.5 cm³/mol. The lowest BCUT2D eigenvalue weighted by atomic mass is 10.6. The SMILES string of the molecule is Cc1nnc(CN)nn1.Cl. The lowest BCUT2D eigenvalue weighted by Crippen LogP contribution is -2.07. The third kappa shape index (κ3) is 2.20. The predicted octanol–water partition coefficient (Wildman–Crippen LogP) is -0.544. The molecule has 1 heterocycles. The van der Waals surface area contributed by atoms with Gasteiger partial charge in [-0.1, -0.05) is 0 Å². The smallest absolute Gasteiger partial charge is 0.187 e. The van der Waals surface area contributed by atoms with Crippen molar-refractivity contribution in [3.8, 4) is 0 Å². The molecule has 0 saturated carbocycles. The van der Waals surface area contributed by atoms with Crippen LogP contribution < -0.4 is 5.73 Å². The lowest BCUT2D eigenvalue weighted by molar-refractivity contribution is 0.728. The van der Waals surface area contributed by atoms with Gasteiger partial charge >= 0.3 is 0 Å². The summed E-state index contributed by atoms with van der Waals surface area (Å²) in [7, 11) is 0. The molecule has 0 saturated heterocycles. The van der Waals surface area contributed by atoms with Crippen LogP contribution in [0.25, 0.3) is 0 Å². The molecule has 0 aromatic carbocycles. The van der Waals surface area contributed by atoms with E-state index < -0.39 is 0 Å². The fourth-order valence-corrected chi connectivity index (χ4v) is 0.382. The van der Waals surface area contributed by atoms with Gasteiger partial charge in [-0.2, -0.15) is 0 Å². The van der Waals surface area contributed by atoms with Crippen molar-refractivity contribution < 1.29 is 0 Å². The molecule has 1 aromatic rings. The van der Waals surface area contributed by atoms with Crippen molar-refractivity contribution in [1.82, 2.24) is 20.4 Å². The minimum atomic E-state index is 0. The van der Waals surface area contributed by atoms with Gasteiger partial charge in [-0.15, -0.1) is 32.8 Å². The van der Waals surface area contributed by atoms with Gasteiger partial charge in [0.2, 0.25) is 0 Å². The number of rotatable bonds is 1. The summed E-state index contributed by atoms with van der Waals surface area (Å²) in [5.74, 6) is 1.04. The van der Waals surface area contributed by atoms with Crippen LogP contribution in [-0.2, 0) is 6.54 Å². The number of nitrogens with zero attached hydrogens (tertiary/aromatic N) is 4. The second-order valence-electron chi connectivity index (χ2n) is 1.57. The van der Waals surface area contributed by atoms with Crippen molar-refractivity contribution >= 4 is 12.4 Å². The highest BCUT2D eigenvalue weighted by Gasteiger charge is 1.91. The molecular weight excluding hydrogens is 154 g/mol. The van der Waals surface area contributed by atoms with Crippen LogP contribution in [0.15, 0.2) is 0 Å². The van der Waals surface area contributed by atoms with Crippen LogP contribution in [-0.4, -0.2) is 20.4 Å². The Bertz CT molecular complexity index is 185. The summed E-state index contributed by atoms with van der Waals surface area (Å²) in [4.78, 5) is 0. The first-order chi connectivity index (χ1) is 4.33. The van der Waals surface area contributed by atoms with Crippen LogP contribution in [0.3, 0.4) is 0 Å². The van der Waals surface area contributed by atoms with Crippen LogP contribution in [0.1, 0.15) is 11.6 Å². The van der Waals surface area contributed by atoms with E-state index in [1.807, 2.05) is 0 Å². The maximum absolute atomic E-state index is 5.19. The maximum atomic E-state index is 5.19. The van der Waals surface area contributed by atoms with Crippen LogP contribution in [0.2, 0.25) is 0 Å². The molecule has 0 aliphatic heterocycles. The van der Waals surface area contributed by atoms with E-state index in [0.717, 1.165) is 0 Å². The van der Waals surface area contributed by atoms with Crippen molar-refractivity contribution in [2.75, 3.05) is 0 Å². The molecule has 56 valence electrons. The molecule has 0 unspecified atom stereocenters. The van der Waals surface area contributed by atoms with Gasteiger partial charge in [0, 0.05) is 0 Å². The summed E-state index contributed by atoms with van der Waals surface area (Å²) >= 11 is 0. The Morgan fingerprint density at radius 1 is 1.20 bits per heavy atom. The van der Waals surface area contributed by atoms with Gasteiger partial charge < -0.3 is 5.73 Å². The first-order valence-corrected chi connectivity index (χ1v) is 2.56. The van der Waals surface area contributed by atoms with Crippen LogP contribution in [0.4, 0.5) is 0 Å². The molecule has 0 atom stereocenters. The highest BCUT2D eigenvalue weighted by molar-refractivity contribution is 5.85. The highest BCUT2D eigenvalue weighted by Crippen LogP contribution is 1.80. The van der Waals surface area contributed by atoms with Gasteiger partial charge in [-0.05, 0) is 6.92 Å². The largest absolute Gasteiger partial charge is 0.324 e. The van der Waals surface area contributed by atoms with E-state index in [-0.39, 0.29) is 12.4 Å². The molecule has 1 aromatic heterocycles. The zero-order valence-corrected chi connectivity index (χ0v) is 6.30. The minimum absolute atomic E-state index is 0. The molecule has 2 N–H and O–H groups in total. The number of aryl methyl sites for hydroxylation is 1. The number of hydrogen-bond donors (Lipinski definition) is 1. The zero-order chi connectivity index (χ0) is 6.69. The Morgan fingerprint density at radius 2 is 1.70 bits per heavy atom. The highest BCUT2D eigenvalue weighted by atomic mass is 35.5. The molecule has 10 heavy (non-hydrogen) atoms. The summed E-state index contributed by atoms with van der Waals surface area (Å²) in [5, 5.41) is 14.6. The molecule has 0 aliphatic carbocycles. The molecule has 0 aliphatic rings. The molecular formula is C4H8ClN5. The van der Waals surface area contributed by atoms with Crippen LogP contribution in [0, 0.1) is 6.92 Å². The molecule has 5 nitrogen and oxygen atoms in total. The molecule has 1 rings (SSSR count). The first-order valence-electron chi connectivity index (χ1n) is 2.56. The molecule has 0 fully saturated rings. The molecule has 0 spiro atoms. The van der Waals surface area contributed by atoms with E-state index in [0.29, 0.717) is 18.2 Å². The van der Waals surface area contributed by atoms with Crippen LogP contribution in [0.5, 0.6) is 0 Å². The summed E-state index contributed by atoms with van der Waals surface area (Å²) in [5.41, 5.74) is 5.19. The Morgan fingerprint density at radius 3 is 2.10 bits per heavy atom. The Kier molecular flexibility index (Phi) is 3.75. The minimum Gasteiger partial charge on any atom is -0.324 e. The average Bonchev–Trinajstić information content (AvgIpc) is 1.90. The van der Waals surface area contributed by atoms with E-state index >= 15 is 0 Å². The summed E-state index contributed by atoms with van der Waals surface area (Å²) in [6.07, 6.45) is 0. The number of halogens is 1.